The summed E-state index contributed by atoms with van der Waals surface area (Å²) in [5.74, 6) is -0.293. The van der Waals surface area contributed by atoms with Crippen molar-refractivity contribution in [2.24, 2.45) is 5.92 Å². The standard InChI is InChI=1S/C20H27N3O5S/c1-15(2)20(25)22-11-10-21-19(24)14-23(13-17-5-4-12-28-17)29(26,27)18-8-6-16(3)7-9-18/h4-9,12,15H,10-11,13-14H2,1-3H3,(H,21,24)(H,22,25). The van der Waals surface area contributed by atoms with Gasteiger partial charge in [0.1, 0.15) is 5.76 Å². The van der Waals surface area contributed by atoms with E-state index in [9.17, 15) is 18.0 Å². The Labute approximate surface area is 171 Å². The van der Waals surface area contributed by atoms with Crippen molar-refractivity contribution in [3.63, 3.8) is 0 Å². The Bertz CT molecular complexity index is 906. The normalized spacial score (nSPS) is 11.6. The van der Waals surface area contributed by atoms with E-state index in [2.05, 4.69) is 10.6 Å². The molecule has 1 aromatic carbocycles. The zero-order valence-electron chi connectivity index (χ0n) is 16.8. The summed E-state index contributed by atoms with van der Waals surface area (Å²) in [6.07, 6.45) is 1.45. The lowest BCUT2D eigenvalue weighted by molar-refractivity contribution is -0.124. The van der Waals surface area contributed by atoms with E-state index in [4.69, 9.17) is 4.42 Å². The quantitative estimate of drug-likeness (QED) is 0.567. The number of furan rings is 1. The highest BCUT2D eigenvalue weighted by Crippen LogP contribution is 2.19. The smallest absolute Gasteiger partial charge is 0.243 e. The molecule has 2 N–H and O–H groups in total. The van der Waals surface area contributed by atoms with E-state index < -0.39 is 15.9 Å². The number of hydrogen-bond acceptors (Lipinski definition) is 5. The Kier molecular flexibility index (Phi) is 7.98. The molecule has 158 valence electrons. The third kappa shape index (κ3) is 6.72. The molecule has 2 rings (SSSR count). The molecule has 0 aliphatic heterocycles. The van der Waals surface area contributed by atoms with Gasteiger partial charge in [0.25, 0.3) is 0 Å². The average Bonchev–Trinajstić information content (AvgIpc) is 3.18. The second-order valence-corrected chi connectivity index (χ2v) is 8.90. The van der Waals surface area contributed by atoms with Crippen molar-refractivity contribution < 1.29 is 22.4 Å². The van der Waals surface area contributed by atoms with E-state index in [1.165, 1.54) is 18.4 Å². The van der Waals surface area contributed by atoms with Gasteiger partial charge in [-0.25, -0.2) is 8.42 Å². The van der Waals surface area contributed by atoms with Gasteiger partial charge in [0.15, 0.2) is 0 Å². The van der Waals surface area contributed by atoms with E-state index in [0.717, 1.165) is 9.87 Å². The van der Waals surface area contributed by atoms with Crippen LogP contribution < -0.4 is 10.6 Å². The molecular weight excluding hydrogens is 394 g/mol. The topological polar surface area (TPSA) is 109 Å². The van der Waals surface area contributed by atoms with Crippen molar-refractivity contribution in [1.29, 1.82) is 0 Å². The predicted molar refractivity (Wildman–Crippen MR) is 108 cm³/mol. The lowest BCUT2D eigenvalue weighted by Gasteiger charge is -2.21. The fraction of sp³-hybridized carbons (Fsp3) is 0.400. The van der Waals surface area contributed by atoms with Crippen molar-refractivity contribution >= 4 is 21.8 Å². The first kappa shape index (κ1) is 22.6. The van der Waals surface area contributed by atoms with E-state index in [0.29, 0.717) is 5.76 Å². The van der Waals surface area contributed by atoms with E-state index in [1.807, 2.05) is 6.92 Å². The SMILES string of the molecule is Cc1ccc(S(=O)(=O)N(CC(=O)NCCNC(=O)C(C)C)Cc2ccco2)cc1. The molecule has 1 aromatic heterocycles. The van der Waals surface area contributed by atoms with E-state index in [-0.39, 0.29) is 42.9 Å². The third-order valence-electron chi connectivity index (χ3n) is 4.16. The Morgan fingerprint density at radius 3 is 2.31 bits per heavy atom. The third-order valence-corrected chi connectivity index (χ3v) is 5.97. The van der Waals surface area contributed by atoms with Crippen molar-refractivity contribution in [3.05, 3.63) is 54.0 Å². The van der Waals surface area contributed by atoms with Crippen LogP contribution in [0.3, 0.4) is 0 Å². The molecule has 0 atom stereocenters. The van der Waals surface area contributed by atoms with Gasteiger partial charge in [-0.3, -0.25) is 9.59 Å². The molecule has 2 aromatic rings. The molecule has 0 radical (unpaired) electrons. The number of carbonyl (C=O) groups excluding carboxylic acids is 2. The summed E-state index contributed by atoms with van der Waals surface area (Å²) in [6, 6.07) is 9.74. The first-order chi connectivity index (χ1) is 13.7. The number of nitrogens with one attached hydrogen (secondary N) is 2. The van der Waals surface area contributed by atoms with Crippen LogP contribution in [0.15, 0.2) is 52.0 Å². The van der Waals surface area contributed by atoms with Gasteiger partial charge in [0, 0.05) is 19.0 Å². The Hall–Kier alpha value is -2.65. The molecule has 0 saturated carbocycles. The van der Waals surface area contributed by atoms with Crippen LogP contribution in [-0.4, -0.2) is 44.2 Å². The maximum atomic E-state index is 13.0. The van der Waals surface area contributed by atoms with Crippen molar-refractivity contribution in [3.8, 4) is 0 Å². The molecule has 0 bridgehead atoms. The molecule has 8 nitrogen and oxygen atoms in total. The molecule has 29 heavy (non-hydrogen) atoms. The first-order valence-electron chi connectivity index (χ1n) is 9.33. The number of amides is 2. The number of carbonyl (C=O) groups is 2. The van der Waals surface area contributed by atoms with Crippen LogP contribution in [0.25, 0.3) is 0 Å². The van der Waals surface area contributed by atoms with E-state index >= 15 is 0 Å². The van der Waals surface area contributed by atoms with Gasteiger partial charge in [-0.2, -0.15) is 4.31 Å². The molecular formula is C20H27N3O5S. The monoisotopic (exact) mass is 421 g/mol. The molecule has 1 heterocycles. The van der Waals surface area contributed by atoms with Crippen LogP contribution in [-0.2, 0) is 26.2 Å². The van der Waals surface area contributed by atoms with Crippen molar-refractivity contribution in [2.45, 2.75) is 32.2 Å². The summed E-state index contributed by atoms with van der Waals surface area (Å²) in [6.45, 7) is 5.45. The molecule has 0 aliphatic carbocycles. The van der Waals surface area contributed by atoms with Crippen LogP contribution in [0.2, 0.25) is 0 Å². The summed E-state index contributed by atoms with van der Waals surface area (Å²) >= 11 is 0. The highest BCUT2D eigenvalue weighted by atomic mass is 32.2. The largest absolute Gasteiger partial charge is 0.468 e. The zero-order valence-corrected chi connectivity index (χ0v) is 17.7. The van der Waals surface area contributed by atoms with Gasteiger partial charge < -0.3 is 15.1 Å². The first-order valence-corrected chi connectivity index (χ1v) is 10.8. The van der Waals surface area contributed by atoms with Gasteiger partial charge in [-0.05, 0) is 31.2 Å². The molecule has 2 amide bonds. The van der Waals surface area contributed by atoms with Gasteiger partial charge in [0.05, 0.1) is 24.2 Å². The summed E-state index contributed by atoms with van der Waals surface area (Å²) in [5.41, 5.74) is 0.933. The van der Waals surface area contributed by atoms with Crippen molar-refractivity contribution in [2.75, 3.05) is 19.6 Å². The van der Waals surface area contributed by atoms with Crippen LogP contribution in [0.4, 0.5) is 0 Å². The summed E-state index contributed by atoms with van der Waals surface area (Å²) in [5, 5.41) is 5.32. The van der Waals surface area contributed by atoms with Crippen molar-refractivity contribution in [1.82, 2.24) is 14.9 Å². The number of benzene rings is 1. The number of sulfonamides is 1. The number of hydrogen-bond donors (Lipinski definition) is 2. The number of rotatable bonds is 10. The summed E-state index contributed by atoms with van der Waals surface area (Å²) < 4.78 is 32.4. The Morgan fingerprint density at radius 1 is 1.07 bits per heavy atom. The molecule has 9 heteroatoms. The lowest BCUT2D eigenvalue weighted by atomic mass is 10.2. The van der Waals surface area contributed by atoms with Crippen LogP contribution >= 0.6 is 0 Å². The molecule has 0 aliphatic rings. The van der Waals surface area contributed by atoms with Gasteiger partial charge in [-0.1, -0.05) is 31.5 Å². The minimum Gasteiger partial charge on any atom is -0.468 e. The van der Waals surface area contributed by atoms with E-state index in [1.54, 1.807) is 38.1 Å². The second-order valence-electron chi connectivity index (χ2n) is 6.96. The zero-order chi connectivity index (χ0) is 21.4. The minimum atomic E-state index is -3.90. The van der Waals surface area contributed by atoms with Crippen LogP contribution in [0.5, 0.6) is 0 Å². The number of nitrogens with zero attached hydrogens (tertiary/aromatic N) is 1. The summed E-state index contributed by atoms with van der Waals surface area (Å²) in [7, 11) is -3.90. The Balaban J connectivity index is 2.05. The molecule has 0 fully saturated rings. The highest BCUT2D eigenvalue weighted by molar-refractivity contribution is 7.89. The van der Waals surface area contributed by atoms with Crippen LogP contribution in [0.1, 0.15) is 25.2 Å². The average molecular weight is 422 g/mol. The lowest BCUT2D eigenvalue weighted by Crippen LogP contribution is -2.42. The fourth-order valence-corrected chi connectivity index (χ4v) is 3.83. The summed E-state index contributed by atoms with van der Waals surface area (Å²) in [4.78, 5) is 24.0. The minimum absolute atomic E-state index is 0.0687. The van der Waals surface area contributed by atoms with Gasteiger partial charge in [-0.15, -0.1) is 0 Å². The molecule has 0 saturated heterocycles. The second kappa shape index (κ2) is 10.2. The number of aryl methyl sites for hydroxylation is 1. The molecule has 0 spiro atoms. The maximum absolute atomic E-state index is 13.0. The fourth-order valence-electron chi connectivity index (χ4n) is 2.47. The molecule has 0 unspecified atom stereocenters. The predicted octanol–water partition coefficient (Wildman–Crippen LogP) is 1.67. The van der Waals surface area contributed by atoms with Gasteiger partial charge >= 0.3 is 0 Å². The van der Waals surface area contributed by atoms with Crippen LogP contribution in [0, 0.1) is 12.8 Å². The Morgan fingerprint density at radius 2 is 1.72 bits per heavy atom. The van der Waals surface area contributed by atoms with Gasteiger partial charge in [0.2, 0.25) is 21.8 Å². The maximum Gasteiger partial charge on any atom is 0.243 e. The highest BCUT2D eigenvalue weighted by Gasteiger charge is 2.27.